The van der Waals surface area contributed by atoms with Gasteiger partial charge in [-0.15, -0.1) is 6.58 Å². The Morgan fingerprint density at radius 2 is 2.00 bits per heavy atom. The lowest BCUT2D eigenvalue weighted by Crippen LogP contribution is -2.09. The summed E-state index contributed by atoms with van der Waals surface area (Å²) >= 11 is 1.81. The van der Waals surface area contributed by atoms with Crippen molar-refractivity contribution in [1.82, 2.24) is 0 Å². The molecule has 2 heteroatoms. The maximum atomic E-state index is 14.5. The van der Waals surface area contributed by atoms with Gasteiger partial charge in [-0.2, -0.15) is 11.8 Å². The Bertz CT molecular complexity index is 469. The molecule has 0 fully saturated rings. The minimum absolute atomic E-state index is 0.0207. The molecule has 0 nitrogen and oxygen atoms in total. The van der Waals surface area contributed by atoms with Crippen LogP contribution in [0.4, 0.5) is 4.39 Å². The molecule has 0 saturated heterocycles. The first-order valence-electron chi connectivity index (χ1n) is 8.36. The maximum Gasteiger partial charge on any atom is 0.126 e. The van der Waals surface area contributed by atoms with Gasteiger partial charge in [0.05, 0.1) is 0 Å². The molecule has 22 heavy (non-hydrogen) atoms. The Morgan fingerprint density at radius 3 is 2.50 bits per heavy atom. The minimum atomic E-state index is -0.0207. The van der Waals surface area contributed by atoms with Crippen molar-refractivity contribution in [2.24, 2.45) is 5.92 Å². The van der Waals surface area contributed by atoms with E-state index in [4.69, 9.17) is 0 Å². The van der Waals surface area contributed by atoms with Crippen LogP contribution in [-0.4, -0.2) is 6.26 Å². The third-order valence-electron chi connectivity index (χ3n) is 4.24. The van der Waals surface area contributed by atoms with Crippen LogP contribution in [0.3, 0.4) is 0 Å². The molecule has 1 aromatic rings. The fourth-order valence-electron chi connectivity index (χ4n) is 3.19. The third-order valence-corrected chi connectivity index (χ3v) is 5.49. The molecule has 2 atom stereocenters. The second kappa shape index (κ2) is 9.39. The molecule has 0 aromatic heterocycles. The second-order valence-corrected chi connectivity index (χ2v) is 7.53. The number of hydrogen-bond donors (Lipinski definition) is 0. The fraction of sp³-hybridized carbons (Fsp3) is 0.600. The van der Waals surface area contributed by atoms with E-state index in [2.05, 4.69) is 46.6 Å². The number of halogens is 1. The van der Waals surface area contributed by atoms with E-state index in [0.29, 0.717) is 11.2 Å². The summed E-state index contributed by atoms with van der Waals surface area (Å²) in [6, 6.07) is 3.96. The summed E-state index contributed by atoms with van der Waals surface area (Å²) < 4.78 is 14.5. The van der Waals surface area contributed by atoms with Crippen LogP contribution in [0.25, 0.3) is 0 Å². The highest BCUT2D eigenvalue weighted by Crippen LogP contribution is 2.38. The lowest BCUT2D eigenvalue weighted by Gasteiger charge is -2.24. The van der Waals surface area contributed by atoms with Crippen LogP contribution in [0.15, 0.2) is 24.3 Å². The van der Waals surface area contributed by atoms with E-state index in [0.717, 1.165) is 36.0 Å². The van der Waals surface area contributed by atoms with E-state index < -0.39 is 0 Å². The summed E-state index contributed by atoms with van der Waals surface area (Å²) in [5, 5.41) is 0.328. The predicted octanol–water partition coefficient (Wildman–Crippen LogP) is 6.87. The number of aryl methyl sites for hydroxylation is 1. The van der Waals surface area contributed by atoms with Gasteiger partial charge in [-0.3, -0.25) is 0 Å². The Hall–Kier alpha value is -0.760. The number of benzene rings is 1. The lowest BCUT2D eigenvalue weighted by atomic mass is 9.91. The molecule has 1 rings (SSSR count). The van der Waals surface area contributed by atoms with E-state index >= 15 is 0 Å². The third kappa shape index (κ3) is 5.46. The average molecular weight is 323 g/mol. The van der Waals surface area contributed by atoms with Crippen molar-refractivity contribution in [2.45, 2.75) is 65.0 Å². The number of unbranched alkanes of at least 4 members (excludes halogenated alkanes) is 2. The predicted molar refractivity (Wildman–Crippen MR) is 99.2 cm³/mol. The van der Waals surface area contributed by atoms with Crippen molar-refractivity contribution < 1.29 is 4.39 Å². The van der Waals surface area contributed by atoms with E-state index in [1.165, 1.54) is 18.4 Å². The maximum absolute atomic E-state index is 14.5. The van der Waals surface area contributed by atoms with Gasteiger partial charge in [0, 0.05) is 5.25 Å². The molecular formula is C20H31FS. The zero-order chi connectivity index (χ0) is 16.7. The molecule has 124 valence electrons. The molecule has 0 saturated carbocycles. The van der Waals surface area contributed by atoms with Crippen molar-refractivity contribution >= 4 is 11.8 Å². The first kappa shape index (κ1) is 19.3. The fourth-order valence-corrected chi connectivity index (χ4v) is 4.16. The first-order chi connectivity index (χ1) is 10.4. The van der Waals surface area contributed by atoms with Gasteiger partial charge in [0.2, 0.25) is 0 Å². The van der Waals surface area contributed by atoms with Crippen molar-refractivity contribution in [2.75, 3.05) is 6.26 Å². The Labute approximate surface area is 140 Å². The standard InChI is InChI=1S/C20H31FS/c1-7-8-9-10-18-15(4)12-17(13-19(18)21)20(22-6)16(5)11-14(2)3/h12-13,16,20H,2,7-11H2,1,3-6H3. The van der Waals surface area contributed by atoms with Crippen LogP contribution in [0, 0.1) is 18.7 Å². The summed E-state index contributed by atoms with van der Waals surface area (Å²) in [5.74, 6) is 0.449. The van der Waals surface area contributed by atoms with Crippen molar-refractivity contribution in [3.05, 3.63) is 46.8 Å². The van der Waals surface area contributed by atoms with Gasteiger partial charge in [0.25, 0.3) is 0 Å². The van der Waals surface area contributed by atoms with Gasteiger partial charge < -0.3 is 0 Å². The van der Waals surface area contributed by atoms with Crippen molar-refractivity contribution in [3.63, 3.8) is 0 Å². The molecule has 0 radical (unpaired) electrons. The number of hydrogen-bond acceptors (Lipinski definition) is 1. The summed E-state index contributed by atoms with van der Waals surface area (Å²) in [7, 11) is 0. The Balaban J connectivity index is 2.97. The van der Waals surface area contributed by atoms with E-state index in [1.54, 1.807) is 6.07 Å². The number of thioether (sulfide) groups is 1. The molecule has 0 amide bonds. The monoisotopic (exact) mass is 322 g/mol. The molecule has 0 spiro atoms. The Kier molecular flexibility index (Phi) is 8.24. The number of allylic oxidation sites excluding steroid dienone is 1. The van der Waals surface area contributed by atoms with Gasteiger partial charge in [-0.1, -0.05) is 38.3 Å². The highest BCUT2D eigenvalue weighted by molar-refractivity contribution is 7.98. The molecule has 0 aliphatic heterocycles. The first-order valence-corrected chi connectivity index (χ1v) is 9.65. The van der Waals surface area contributed by atoms with Gasteiger partial charge in [0.1, 0.15) is 5.82 Å². The summed E-state index contributed by atoms with van der Waals surface area (Å²) in [6.45, 7) is 12.5. The van der Waals surface area contributed by atoms with Gasteiger partial charge in [0.15, 0.2) is 0 Å². The van der Waals surface area contributed by atoms with Gasteiger partial charge >= 0.3 is 0 Å². The smallest absolute Gasteiger partial charge is 0.126 e. The Morgan fingerprint density at radius 1 is 1.32 bits per heavy atom. The molecule has 0 aliphatic rings. The van der Waals surface area contributed by atoms with Crippen LogP contribution in [0.1, 0.15) is 68.4 Å². The van der Waals surface area contributed by atoms with Gasteiger partial charge in [-0.05, 0) is 68.0 Å². The summed E-state index contributed by atoms with van der Waals surface area (Å²) in [5.41, 5.74) is 4.33. The number of rotatable bonds is 9. The average Bonchev–Trinajstić information content (AvgIpc) is 2.42. The lowest BCUT2D eigenvalue weighted by molar-refractivity contribution is 0.554. The largest absolute Gasteiger partial charge is 0.207 e. The molecular weight excluding hydrogens is 291 g/mol. The molecule has 1 aromatic carbocycles. The molecule has 0 aliphatic carbocycles. The minimum Gasteiger partial charge on any atom is -0.207 e. The zero-order valence-corrected chi connectivity index (χ0v) is 15.7. The van der Waals surface area contributed by atoms with Crippen LogP contribution < -0.4 is 0 Å². The van der Waals surface area contributed by atoms with Crippen LogP contribution in [-0.2, 0) is 6.42 Å². The van der Waals surface area contributed by atoms with E-state index in [1.807, 2.05) is 11.8 Å². The van der Waals surface area contributed by atoms with E-state index in [-0.39, 0.29) is 5.82 Å². The molecule has 0 heterocycles. The van der Waals surface area contributed by atoms with E-state index in [9.17, 15) is 4.39 Å². The highest BCUT2D eigenvalue weighted by Gasteiger charge is 2.20. The van der Waals surface area contributed by atoms with Crippen LogP contribution >= 0.6 is 11.8 Å². The normalized spacial score (nSPS) is 13.9. The van der Waals surface area contributed by atoms with Crippen molar-refractivity contribution in [1.29, 1.82) is 0 Å². The summed E-state index contributed by atoms with van der Waals surface area (Å²) in [6.07, 6.45) is 7.38. The quantitative estimate of drug-likeness (QED) is 0.353. The van der Waals surface area contributed by atoms with Crippen LogP contribution in [0.2, 0.25) is 0 Å². The van der Waals surface area contributed by atoms with Crippen LogP contribution in [0.5, 0.6) is 0 Å². The SMILES string of the molecule is C=C(C)CC(C)C(SC)c1cc(C)c(CCCCC)c(F)c1. The van der Waals surface area contributed by atoms with Gasteiger partial charge in [-0.25, -0.2) is 4.39 Å². The zero-order valence-electron chi connectivity index (χ0n) is 14.8. The van der Waals surface area contributed by atoms with Crippen molar-refractivity contribution in [3.8, 4) is 0 Å². The second-order valence-electron chi connectivity index (χ2n) is 6.55. The summed E-state index contributed by atoms with van der Waals surface area (Å²) in [4.78, 5) is 0. The topological polar surface area (TPSA) is 0 Å². The molecule has 0 bridgehead atoms. The highest BCUT2D eigenvalue weighted by atomic mass is 32.2. The molecule has 0 N–H and O–H groups in total. The molecule has 2 unspecified atom stereocenters.